The highest BCUT2D eigenvalue weighted by Crippen LogP contribution is 2.30. The number of fused-ring (bicyclic) bond motifs is 1. The number of para-hydroxylation sites is 1. The largest absolute Gasteiger partial charge is 0.337 e. The van der Waals surface area contributed by atoms with E-state index >= 15 is 0 Å². The molecular formula is C20H22N4OS2. The van der Waals surface area contributed by atoms with Gasteiger partial charge < -0.3 is 4.90 Å². The lowest BCUT2D eigenvalue weighted by molar-refractivity contribution is -0.131. The fraction of sp³-hybridized carbons (Fsp3) is 0.350. The van der Waals surface area contributed by atoms with Gasteiger partial charge in [0.25, 0.3) is 0 Å². The standard InChI is InChI=1S/C20H22N4OS2/c1-13-6-4-5-7-17(13)24-15(3)21-22-20(24)27-14(2)19(25)23-10-8-18-16(12-23)9-11-26-18/h4-7,9,11,14H,8,10,12H2,1-3H3. The summed E-state index contributed by atoms with van der Waals surface area (Å²) in [5, 5.41) is 11.2. The lowest BCUT2D eigenvalue weighted by atomic mass is 10.1. The molecule has 0 bridgehead atoms. The highest BCUT2D eigenvalue weighted by atomic mass is 32.2. The lowest BCUT2D eigenvalue weighted by Crippen LogP contribution is -2.39. The van der Waals surface area contributed by atoms with Crippen LogP contribution in [0.4, 0.5) is 0 Å². The second-order valence-corrected chi connectivity index (χ2v) is 9.10. The van der Waals surface area contributed by atoms with Crippen molar-refractivity contribution in [1.29, 1.82) is 0 Å². The van der Waals surface area contributed by atoms with Crippen molar-refractivity contribution in [2.24, 2.45) is 0 Å². The monoisotopic (exact) mass is 398 g/mol. The Morgan fingerprint density at radius 2 is 2.04 bits per heavy atom. The van der Waals surface area contributed by atoms with E-state index in [9.17, 15) is 4.79 Å². The van der Waals surface area contributed by atoms with Crippen LogP contribution in [0.2, 0.25) is 0 Å². The number of thioether (sulfide) groups is 1. The third-order valence-corrected chi connectivity index (χ3v) is 6.95. The molecule has 1 amide bonds. The maximum atomic E-state index is 13.0. The number of carbonyl (C=O) groups excluding carboxylic acids is 1. The van der Waals surface area contributed by atoms with E-state index in [1.165, 1.54) is 22.2 Å². The molecule has 3 heterocycles. The Hall–Kier alpha value is -2.12. The van der Waals surface area contributed by atoms with Gasteiger partial charge in [-0.3, -0.25) is 9.36 Å². The molecule has 0 N–H and O–H groups in total. The molecule has 1 aliphatic heterocycles. The zero-order valence-electron chi connectivity index (χ0n) is 15.7. The maximum absolute atomic E-state index is 13.0. The number of rotatable bonds is 4. The SMILES string of the molecule is Cc1ccccc1-n1c(C)nnc1SC(C)C(=O)N1CCc2sccc2C1. The summed E-state index contributed by atoms with van der Waals surface area (Å²) in [5.74, 6) is 0.987. The van der Waals surface area contributed by atoms with Crippen LogP contribution in [0, 0.1) is 13.8 Å². The highest BCUT2D eigenvalue weighted by Gasteiger charge is 2.27. The molecule has 1 unspecified atom stereocenters. The summed E-state index contributed by atoms with van der Waals surface area (Å²) in [6, 6.07) is 10.3. The van der Waals surface area contributed by atoms with E-state index in [0.717, 1.165) is 35.2 Å². The van der Waals surface area contributed by atoms with Gasteiger partial charge in [0, 0.05) is 18.0 Å². The van der Waals surface area contributed by atoms with Gasteiger partial charge in [-0.05, 0) is 55.8 Å². The van der Waals surface area contributed by atoms with Crippen LogP contribution < -0.4 is 0 Å². The Labute approximate surface area is 167 Å². The predicted molar refractivity (Wildman–Crippen MR) is 110 cm³/mol. The van der Waals surface area contributed by atoms with Gasteiger partial charge in [-0.2, -0.15) is 0 Å². The van der Waals surface area contributed by atoms with Gasteiger partial charge in [-0.1, -0.05) is 30.0 Å². The second kappa shape index (κ2) is 7.48. The first-order chi connectivity index (χ1) is 13.0. The van der Waals surface area contributed by atoms with Gasteiger partial charge in [0.2, 0.25) is 5.91 Å². The van der Waals surface area contributed by atoms with Crippen LogP contribution in [-0.4, -0.2) is 37.4 Å². The molecule has 1 aromatic carbocycles. The lowest BCUT2D eigenvalue weighted by Gasteiger charge is -2.29. The van der Waals surface area contributed by atoms with E-state index in [2.05, 4.69) is 40.7 Å². The van der Waals surface area contributed by atoms with Crippen molar-refractivity contribution in [3.05, 3.63) is 57.5 Å². The van der Waals surface area contributed by atoms with E-state index in [0.29, 0.717) is 6.54 Å². The molecule has 0 fully saturated rings. The van der Waals surface area contributed by atoms with Gasteiger partial charge >= 0.3 is 0 Å². The Kier molecular flexibility index (Phi) is 5.06. The number of carbonyl (C=O) groups is 1. The Balaban J connectivity index is 1.53. The molecule has 0 saturated carbocycles. The maximum Gasteiger partial charge on any atom is 0.236 e. The van der Waals surface area contributed by atoms with Crippen LogP contribution in [0.1, 0.15) is 28.8 Å². The van der Waals surface area contributed by atoms with Crippen molar-refractivity contribution in [2.45, 2.75) is 44.1 Å². The summed E-state index contributed by atoms with van der Waals surface area (Å²) < 4.78 is 2.04. The molecule has 5 nitrogen and oxygen atoms in total. The number of amides is 1. The number of hydrogen-bond acceptors (Lipinski definition) is 5. The van der Waals surface area contributed by atoms with Crippen molar-refractivity contribution in [2.75, 3.05) is 6.54 Å². The molecule has 0 spiro atoms. The quantitative estimate of drug-likeness (QED) is 0.623. The molecule has 0 saturated heterocycles. The molecule has 7 heteroatoms. The first-order valence-electron chi connectivity index (χ1n) is 9.03. The summed E-state index contributed by atoms with van der Waals surface area (Å²) in [4.78, 5) is 16.4. The van der Waals surface area contributed by atoms with E-state index in [1.54, 1.807) is 11.3 Å². The summed E-state index contributed by atoms with van der Waals surface area (Å²) in [5.41, 5.74) is 3.50. The van der Waals surface area contributed by atoms with Gasteiger partial charge in [0.05, 0.1) is 10.9 Å². The molecule has 3 aromatic rings. The van der Waals surface area contributed by atoms with Crippen LogP contribution in [0.3, 0.4) is 0 Å². The minimum Gasteiger partial charge on any atom is -0.337 e. The van der Waals surface area contributed by atoms with E-state index in [-0.39, 0.29) is 11.2 Å². The summed E-state index contributed by atoms with van der Waals surface area (Å²) in [6.07, 6.45) is 0.953. The van der Waals surface area contributed by atoms with Gasteiger partial charge in [0.1, 0.15) is 5.82 Å². The van der Waals surface area contributed by atoms with E-state index < -0.39 is 0 Å². The molecule has 27 heavy (non-hydrogen) atoms. The summed E-state index contributed by atoms with van der Waals surface area (Å²) in [7, 11) is 0. The smallest absolute Gasteiger partial charge is 0.236 e. The van der Waals surface area contributed by atoms with E-state index in [4.69, 9.17) is 0 Å². The van der Waals surface area contributed by atoms with Crippen LogP contribution >= 0.6 is 23.1 Å². The average molecular weight is 399 g/mol. The first kappa shape index (κ1) is 18.3. The van der Waals surface area contributed by atoms with Crippen LogP contribution in [0.15, 0.2) is 40.9 Å². The summed E-state index contributed by atoms with van der Waals surface area (Å²) in [6.45, 7) is 7.48. The Morgan fingerprint density at radius 1 is 1.22 bits per heavy atom. The number of aromatic nitrogens is 3. The van der Waals surface area contributed by atoms with Crippen LogP contribution in [0.5, 0.6) is 0 Å². The van der Waals surface area contributed by atoms with Gasteiger partial charge in [0.15, 0.2) is 5.16 Å². The molecule has 0 aliphatic carbocycles. The molecule has 2 aromatic heterocycles. The van der Waals surface area contributed by atoms with Crippen molar-refractivity contribution in [1.82, 2.24) is 19.7 Å². The second-order valence-electron chi connectivity index (χ2n) is 6.79. The van der Waals surface area contributed by atoms with E-state index in [1.807, 2.05) is 35.4 Å². The van der Waals surface area contributed by atoms with Crippen LogP contribution in [-0.2, 0) is 17.8 Å². The Bertz CT molecular complexity index is 978. The van der Waals surface area contributed by atoms with Gasteiger partial charge in [-0.25, -0.2) is 0 Å². The molecule has 4 rings (SSSR count). The number of aryl methyl sites for hydroxylation is 2. The topological polar surface area (TPSA) is 51.0 Å². The molecular weight excluding hydrogens is 376 g/mol. The third-order valence-electron chi connectivity index (χ3n) is 4.90. The van der Waals surface area contributed by atoms with Crippen LogP contribution in [0.25, 0.3) is 5.69 Å². The highest BCUT2D eigenvalue weighted by molar-refractivity contribution is 8.00. The molecule has 0 radical (unpaired) electrons. The molecule has 1 aliphatic rings. The predicted octanol–water partition coefficient (Wildman–Crippen LogP) is 4.01. The fourth-order valence-electron chi connectivity index (χ4n) is 3.41. The van der Waals surface area contributed by atoms with Crippen molar-refractivity contribution < 1.29 is 4.79 Å². The number of hydrogen-bond donors (Lipinski definition) is 0. The zero-order chi connectivity index (χ0) is 19.0. The number of nitrogens with zero attached hydrogens (tertiary/aromatic N) is 4. The summed E-state index contributed by atoms with van der Waals surface area (Å²) >= 11 is 3.27. The van der Waals surface area contributed by atoms with Crippen molar-refractivity contribution in [3.63, 3.8) is 0 Å². The van der Waals surface area contributed by atoms with Gasteiger partial charge in [-0.15, -0.1) is 21.5 Å². The Morgan fingerprint density at radius 3 is 2.85 bits per heavy atom. The molecule has 1 atom stereocenters. The minimum atomic E-state index is -0.212. The van der Waals surface area contributed by atoms with Crippen molar-refractivity contribution >= 4 is 29.0 Å². The average Bonchev–Trinajstić information content (AvgIpc) is 3.27. The normalized spacial score (nSPS) is 14.9. The fourth-order valence-corrected chi connectivity index (χ4v) is 5.29. The molecule has 140 valence electrons. The zero-order valence-corrected chi connectivity index (χ0v) is 17.3. The van der Waals surface area contributed by atoms with Crippen molar-refractivity contribution in [3.8, 4) is 5.69 Å². The minimum absolute atomic E-state index is 0.161. The third kappa shape index (κ3) is 3.53. The first-order valence-corrected chi connectivity index (χ1v) is 10.8. The number of benzene rings is 1. The number of thiophene rings is 1.